The number of esters is 1. The molecule has 2 atom stereocenters. The Bertz CT molecular complexity index is 645. The SMILES string of the molecule is COC(=O)[C@@H](C)Nc1ccccn1.C[C@@H](Nc1ccccn1)C(C)(C)O. The van der Waals surface area contributed by atoms with Crippen molar-refractivity contribution in [1.29, 1.82) is 0 Å². The van der Waals surface area contributed by atoms with E-state index >= 15 is 0 Å². The summed E-state index contributed by atoms with van der Waals surface area (Å²) in [6.45, 7) is 7.19. The fourth-order valence-electron chi connectivity index (χ4n) is 1.75. The molecule has 0 bridgehead atoms. The smallest absolute Gasteiger partial charge is 0.328 e. The van der Waals surface area contributed by atoms with Gasteiger partial charge in [0.25, 0.3) is 0 Å². The Balaban J connectivity index is 0.000000260. The molecule has 0 unspecified atom stereocenters. The molecule has 0 aromatic carbocycles. The van der Waals surface area contributed by atoms with Gasteiger partial charge in [-0.1, -0.05) is 12.1 Å². The van der Waals surface area contributed by atoms with E-state index in [9.17, 15) is 9.90 Å². The number of methoxy groups -OCH3 is 1. The highest BCUT2D eigenvalue weighted by Crippen LogP contribution is 2.12. The highest BCUT2D eigenvalue weighted by atomic mass is 16.5. The molecule has 2 aromatic rings. The average Bonchev–Trinajstić information content (AvgIpc) is 2.62. The normalized spacial score (nSPS) is 12.8. The number of nitrogens with zero attached hydrogens (tertiary/aromatic N) is 2. The van der Waals surface area contributed by atoms with E-state index in [0.717, 1.165) is 5.82 Å². The topological polar surface area (TPSA) is 96.4 Å². The van der Waals surface area contributed by atoms with E-state index in [-0.39, 0.29) is 18.1 Å². The van der Waals surface area contributed by atoms with Crippen LogP contribution in [0.15, 0.2) is 48.8 Å². The molecular weight excluding hydrogens is 332 g/mol. The van der Waals surface area contributed by atoms with Gasteiger partial charge in [-0.3, -0.25) is 0 Å². The van der Waals surface area contributed by atoms with Gasteiger partial charge in [-0.2, -0.15) is 0 Å². The number of carbonyl (C=O) groups is 1. The van der Waals surface area contributed by atoms with E-state index < -0.39 is 5.60 Å². The van der Waals surface area contributed by atoms with Crippen molar-refractivity contribution in [2.24, 2.45) is 0 Å². The summed E-state index contributed by atoms with van der Waals surface area (Å²) in [5, 5.41) is 15.7. The molecule has 3 N–H and O–H groups in total. The van der Waals surface area contributed by atoms with Gasteiger partial charge in [0, 0.05) is 12.4 Å². The number of hydrogen-bond donors (Lipinski definition) is 3. The van der Waals surface area contributed by atoms with Crippen LogP contribution in [-0.2, 0) is 9.53 Å². The number of ether oxygens (including phenoxy) is 1. The van der Waals surface area contributed by atoms with Crippen molar-refractivity contribution in [1.82, 2.24) is 9.97 Å². The zero-order chi connectivity index (χ0) is 19.6. The van der Waals surface area contributed by atoms with Crippen molar-refractivity contribution in [2.45, 2.75) is 45.4 Å². The first-order valence-electron chi connectivity index (χ1n) is 8.39. The van der Waals surface area contributed by atoms with Gasteiger partial charge in [-0.25, -0.2) is 14.8 Å². The van der Waals surface area contributed by atoms with Crippen LogP contribution in [0.4, 0.5) is 11.6 Å². The molecule has 0 fully saturated rings. The maximum absolute atomic E-state index is 11.0. The van der Waals surface area contributed by atoms with Gasteiger partial charge < -0.3 is 20.5 Å². The van der Waals surface area contributed by atoms with Crippen molar-refractivity contribution in [2.75, 3.05) is 17.7 Å². The van der Waals surface area contributed by atoms with Crippen LogP contribution in [0, 0.1) is 0 Å². The van der Waals surface area contributed by atoms with Crippen molar-refractivity contribution < 1.29 is 14.6 Å². The molecule has 0 aliphatic carbocycles. The number of aliphatic hydroxyl groups is 1. The van der Waals surface area contributed by atoms with Crippen molar-refractivity contribution >= 4 is 17.6 Å². The highest BCUT2D eigenvalue weighted by molar-refractivity contribution is 5.78. The quantitative estimate of drug-likeness (QED) is 0.682. The van der Waals surface area contributed by atoms with E-state index in [4.69, 9.17) is 0 Å². The number of hydrogen-bond acceptors (Lipinski definition) is 7. The first-order chi connectivity index (χ1) is 12.2. The molecule has 0 saturated carbocycles. The third kappa shape index (κ3) is 7.94. The lowest BCUT2D eigenvalue weighted by atomic mass is 10.0. The number of carbonyl (C=O) groups excluding carboxylic acids is 1. The van der Waals surface area contributed by atoms with Crippen LogP contribution >= 0.6 is 0 Å². The van der Waals surface area contributed by atoms with Crippen LogP contribution in [0.1, 0.15) is 27.7 Å². The lowest BCUT2D eigenvalue weighted by Crippen LogP contribution is -2.39. The highest BCUT2D eigenvalue weighted by Gasteiger charge is 2.21. The van der Waals surface area contributed by atoms with Gasteiger partial charge in [-0.05, 0) is 52.0 Å². The van der Waals surface area contributed by atoms with Gasteiger partial charge in [0.15, 0.2) is 0 Å². The Hall–Kier alpha value is -2.67. The minimum atomic E-state index is -0.739. The van der Waals surface area contributed by atoms with E-state index in [1.54, 1.807) is 39.2 Å². The van der Waals surface area contributed by atoms with Crippen LogP contribution in [0.25, 0.3) is 0 Å². The lowest BCUT2D eigenvalue weighted by molar-refractivity contribution is -0.141. The molecule has 26 heavy (non-hydrogen) atoms. The molecule has 0 saturated heterocycles. The maximum atomic E-state index is 11.0. The molecule has 0 aliphatic rings. The van der Waals surface area contributed by atoms with E-state index in [2.05, 4.69) is 25.3 Å². The Labute approximate surface area is 154 Å². The number of nitrogens with one attached hydrogen (secondary N) is 2. The molecule has 7 heteroatoms. The van der Waals surface area contributed by atoms with Crippen molar-refractivity contribution in [3.8, 4) is 0 Å². The van der Waals surface area contributed by atoms with E-state index in [1.807, 2.05) is 37.3 Å². The van der Waals surface area contributed by atoms with E-state index in [0.29, 0.717) is 5.82 Å². The molecule has 0 aliphatic heterocycles. The first-order valence-corrected chi connectivity index (χ1v) is 8.39. The molecular formula is C19H28N4O3. The molecule has 2 rings (SSSR count). The summed E-state index contributed by atoms with van der Waals surface area (Å²) in [5.41, 5.74) is -0.739. The zero-order valence-electron chi connectivity index (χ0n) is 15.9. The lowest BCUT2D eigenvalue weighted by Gasteiger charge is -2.27. The molecule has 142 valence electrons. The largest absolute Gasteiger partial charge is 0.467 e. The van der Waals surface area contributed by atoms with Crippen LogP contribution in [0.3, 0.4) is 0 Å². The van der Waals surface area contributed by atoms with Gasteiger partial charge in [0.1, 0.15) is 17.7 Å². The second-order valence-electron chi connectivity index (χ2n) is 6.34. The molecule has 2 aromatic heterocycles. The molecule has 0 amide bonds. The molecule has 0 spiro atoms. The predicted molar refractivity (Wildman–Crippen MR) is 103 cm³/mol. The summed E-state index contributed by atoms with van der Waals surface area (Å²) in [4.78, 5) is 19.1. The molecule has 7 nitrogen and oxygen atoms in total. The van der Waals surface area contributed by atoms with Crippen LogP contribution < -0.4 is 10.6 Å². The fraction of sp³-hybridized carbons (Fsp3) is 0.421. The number of aromatic nitrogens is 2. The first kappa shape index (κ1) is 21.4. The summed E-state index contributed by atoms with van der Waals surface area (Å²) in [7, 11) is 1.36. The van der Waals surface area contributed by atoms with Crippen molar-refractivity contribution in [3.05, 3.63) is 48.8 Å². The third-order valence-electron chi connectivity index (χ3n) is 3.67. The summed E-state index contributed by atoms with van der Waals surface area (Å²) in [6, 6.07) is 10.7. The number of anilines is 2. The molecule has 0 radical (unpaired) electrons. The van der Waals surface area contributed by atoms with Gasteiger partial charge in [-0.15, -0.1) is 0 Å². The summed E-state index contributed by atoms with van der Waals surface area (Å²) in [5.74, 6) is 1.16. The standard InChI is InChI=1S/C10H16N2O.C9H12N2O2/c1-8(10(2,3)13)12-9-6-4-5-7-11-9;1-7(9(12)13-2)11-8-5-3-4-6-10-8/h4-8,13H,1-3H3,(H,11,12);3-7H,1-2H3,(H,10,11)/t8-;7-/m11/s1. The fourth-order valence-corrected chi connectivity index (χ4v) is 1.75. The minimum Gasteiger partial charge on any atom is -0.467 e. The van der Waals surface area contributed by atoms with Crippen LogP contribution in [-0.4, -0.2) is 45.8 Å². The number of rotatable bonds is 6. The Morgan fingerprint density at radius 1 is 1.04 bits per heavy atom. The maximum Gasteiger partial charge on any atom is 0.328 e. The second-order valence-corrected chi connectivity index (χ2v) is 6.34. The van der Waals surface area contributed by atoms with Gasteiger partial charge >= 0.3 is 5.97 Å². The predicted octanol–water partition coefficient (Wildman–Crippen LogP) is 2.71. The summed E-state index contributed by atoms with van der Waals surface area (Å²) in [6.07, 6.45) is 3.38. The third-order valence-corrected chi connectivity index (χ3v) is 3.67. The summed E-state index contributed by atoms with van der Waals surface area (Å²) >= 11 is 0. The average molecular weight is 360 g/mol. The van der Waals surface area contributed by atoms with Gasteiger partial charge in [0.05, 0.1) is 18.8 Å². The molecule has 2 heterocycles. The Morgan fingerprint density at radius 2 is 1.54 bits per heavy atom. The Kier molecular flexibility index (Phi) is 8.51. The zero-order valence-corrected chi connectivity index (χ0v) is 15.9. The van der Waals surface area contributed by atoms with E-state index in [1.165, 1.54) is 7.11 Å². The summed E-state index contributed by atoms with van der Waals surface area (Å²) < 4.78 is 4.55. The van der Waals surface area contributed by atoms with Crippen LogP contribution in [0.2, 0.25) is 0 Å². The monoisotopic (exact) mass is 360 g/mol. The minimum absolute atomic E-state index is 0.0256. The van der Waals surface area contributed by atoms with Crippen molar-refractivity contribution in [3.63, 3.8) is 0 Å². The number of pyridine rings is 2. The van der Waals surface area contributed by atoms with Crippen LogP contribution in [0.5, 0.6) is 0 Å². The van der Waals surface area contributed by atoms with Gasteiger partial charge in [0.2, 0.25) is 0 Å². The Morgan fingerprint density at radius 3 is 1.92 bits per heavy atom. The second kappa shape index (κ2) is 10.4.